The van der Waals surface area contributed by atoms with Gasteiger partial charge >= 0.3 is 12.4 Å². The minimum absolute atomic E-state index is 0.0603. The van der Waals surface area contributed by atoms with E-state index in [1.54, 1.807) is 84.9 Å². The molecule has 0 bridgehead atoms. The zero-order valence-corrected chi connectivity index (χ0v) is 37.2. The van der Waals surface area contributed by atoms with Crippen LogP contribution in [0.1, 0.15) is 84.0 Å². The maximum Gasteiger partial charge on any atom is 0.445 e. The summed E-state index contributed by atoms with van der Waals surface area (Å²) in [5.74, 6) is 0.0364. The molecule has 6 aromatic carbocycles. The van der Waals surface area contributed by atoms with Crippen molar-refractivity contribution in [2.75, 3.05) is 13.2 Å². The Kier molecular flexibility index (Phi) is 17.7. The molecule has 67 heavy (non-hydrogen) atoms. The van der Waals surface area contributed by atoms with Crippen LogP contribution >= 0.6 is 0 Å². The van der Waals surface area contributed by atoms with Gasteiger partial charge in [-0.15, -0.1) is 0 Å². The average Bonchev–Trinajstić information content (AvgIpc) is 3.29. The first-order valence-electron chi connectivity index (χ1n) is 22.3. The van der Waals surface area contributed by atoms with Gasteiger partial charge in [0.1, 0.15) is 23.1 Å². The summed E-state index contributed by atoms with van der Waals surface area (Å²) in [6, 6.07) is 34.8. The molecule has 0 fully saturated rings. The highest BCUT2D eigenvalue weighted by Crippen LogP contribution is 2.35. The second-order valence-electron chi connectivity index (χ2n) is 16.5. The fraction of sp³-hybridized carbons (Fsp3) is 0.333. The molecule has 2 atom stereocenters. The number of hydrogen-bond acceptors (Lipinski definition) is 3. The minimum Gasteiger partial charge on any atom is -0.457 e. The fourth-order valence-electron chi connectivity index (χ4n) is 7.62. The predicted octanol–water partition coefficient (Wildman–Crippen LogP) is 15.8. The molecule has 0 aliphatic heterocycles. The standard InChI is InChI=1S/C54H52F10O3/c1-3-5-7-35-13-21-45(47(55)33-35)41-17-9-37(10-18-41)29-43-31-39(25-27-65-51(57)53(59,60)61)15-23-49(43)67-50-24-16-40(26-28-66-52(58)54(62,63)64)32-44(50)30-38-11-19-42(20-12-38)46-22-14-36(8-6-4-2)34-48(46)56/h9-24,31-34,51-52H,3-8,25-30H2,1-2H3. The van der Waals surface area contributed by atoms with Gasteiger partial charge in [-0.25, -0.2) is 17.6 Å². The number of rotatable bonds is 22. The number of aryl methyl sites for hydroxylation is 2. The molecule has 0 aliphatic rings. The van der Waals surface area contributed by atoms with E-state index in [1.807, 2.05) is 36.4 Å². The van der Waals surface area contributed by atoms with Crippen molar-refractivity contribution < 1.29 is 58.1 Å². The molecule has 0 aliphatic carbocycles. The topological polar surface area (TPSA) is 27.7 Å². The Bertz CT molecular complexity index is 2340. The average molecular weight is 939 g/mol. The van der Waals surface area contributed by atoms with Crippen LogP contribution in [0, 0.1) is 11.6 Å². The Morgan fingerprint density at radius 2 is 0.776 bits per heavy atom. The van der Waals surface area contributed by atoms with Gasteiger partial charge in [-0.05, 0) is 118 Å². The van der Waals surface area contributed by atoms with Crippen LogP contribution in [0.4, 0.5) is 43.9 Å². The van der Waals surface area contributed by atoms with Crippen molar-refractivity contribution in [2.24, 2.45) is 0 Å². The zero-order chi connectivity index (χ0) is 48.1. The third-order valence-electron chi connectivity index (χ3n) is 11.3. The molecule has 356 valence electrons. The summed E-state index contributed by atoms with van der Waals surface area (Å²) in [5, 5.41) is 0. The molecular formula is C54H52F10O3. The summed E-state index contributed by atoms with van der Waals surface area (Å²) in [4.78, 5) is 0. The first-order chi connectivity index (χ1) is 32.0. The fourth-order valence-corrected chi connectivity index (χ4v) is 7.62. The molecule has 0 aromatic heterocycles. The van der Waals surface area contributed by atoms with Crippen LogP contribution in [0.25, 0.3) is 22.3 Å². The number of hydrogen-bond donors (Lipinski definition) is 0. The summed E-state index contributed by atoms with van der Waals surface area (Å²) in [5.41, 5.74) is 7.85. The third-order valence-corrected chi connectivity index (χ3v) is 11.3. The molecule has 0 amide bonds. The van der Waals surface area contributed by atoms with Gasteiger partial charge in [0.2, 0.25) is 0 Å². The molecule has 2 unspecified atom stereocenters. The van der Waals surface area contributed by atoms with E-state index in [0.29, 0.717) is 56.0 Å². The van der Waals surface area contributed by atoms with Crippen molar-refractivity contribution in [1.82, 2.24) is 0 Å². The first-order valence-corrected chi connectivity index (χ1v) is 22.3. The Morgan fingerprint density at radius 1 is 0.433 bits per heavy atom. The second-order valence-corrected chi connectivity index (χ2v) is 16.5. The lowest BCUT2D eigenvalue weighted by atomic mass is 9.96. The summed E-state index contributed by atoms with van der Waals surface area (Å²) in [7, 11) is 0. The molecule has 0 saturated heterocycles. The normalized spacial score (nSPS) is 12.9. The van der Waals surface area contributed by atoms with Crippen molar-refractivity contribution in [1.29, 1.82) is 0 Å². The van der Waals surface area contributed by atoms with Gasteiger partial charge in [-0.2, -0.15) is 26.3 Å². The molecule has 3 nitrogen and oxygen atoms in total. The highest BCUT2D eigenvalue weighted by molar-refractivity contribution is 5.66. The predicted molar refractivity (Wildman–Crippen MR) is 241 cm³/mol. The molecule has 13 heteroatoms. The highest BCUT2D eigenvalue weighted by atomic mass is 19.4. The molecule has 0 spiro atoms. The van der Waals surface area contributed by atoms with E-state index in [9.17, 15) is 35.1 Å². The van der Waals surface area contributed by atoms with E-state index in [1.165, 1.54) is 0 Å². The van der Waals surface area contributed by atoms with Gasteiger partial charge in [0.25, 0.3) is 12.7 Å². The molecule has 6 rings (SSSR count). The van der Waals surface area contributed by atoms with Crippen LogP contribution < -0.4 is 4.74 Å². The lowest BCUT2D eigenvalue weighted by molar-refractivity contribution is -0.264. The first kappa shape index (κ1) is 50.7. The summed E-state index contributed by atoms with van der Waals surface area (Å²) < 4.78 is 150. The van der Waals surface area contributed by atoms with Crippen molar-refractivity contribution >= 4 is 0 Å². The van der Waals surface area contributed by atoms with Gasteiger partial charge < -0.3 is 14.2 Å². The Balaban J connectivity index is 1.29. The Hall–Kier alpha value is -5.66. The molecular weight excluding hydrogens is 887 g/mol. The van der Waals surface area contributed by atoms with E-state index >= 15 is 8.78 Å². The van der Waals surface area contributed by atoms with Crippen molar-refractivity contribution in [2.45, 2.75) is 103 Å². The minimum atomic E-state index is -5.17. The van der Waals surface area contributed by atoms with Gasteiger partial charge in [-0.1, -0.05) is 124 Å². The van der Waals surface area contributed by atoms with E-state index < -0.39 is 38.3 Å². The van der Waals surface area contributed by atoms with E-state index in [4.69, 9.17) is 4.74 Å². The molecule has 0 heterocycles. The lowest BCUT2D eigenvalue weighted by Gasteiger charge is -2.18. The zero-order valence-electron chi connectivity index (χ0n) is 37.2. The highest BCUT2D eigenvalue weighted by Gasteiger charge is 2.42. The van der Waals surface area contributed by atoms with Gasteiger partial charge in [0.05, 0.1) is 13.2 Å². The Morgan fingerprint density at radius 3 is 1.12 bits per heavy atom. The van der Waals surface area contributed by atoms with Crippen molar-refractivity contribution in [3.63, 3.8) is 0 Å². The van der Waals surface area contributed by atoms with Gasteiger partial charge in [-0.3, -0.25) is 0 Å². The monoisotopic (exact) mass is 938 g/mol. The number of ether oxygens (including phenoxy) is 3. The molecule has 0 saturated carbocycles. The smallest absolute Gasteiger partial charge is 0.445 e. The number of benzene rings is 6. The van der Waals surface area contributed by atoms with Crippen LogP contribution in [0.5, 0.6) is 11.5 Å². The van der Waals surface area contributed by atoms with Crippen LogP contribution in [0.3, 0.4) is 0 Å². The van der Waals surface area contributed by atoms with Crippen LogP contribution in [0.15, 0.2) is 121 Å². The van der Waals surface area contributed by atoms with Crippen molar-refractivity contribution in [3.05, 3.63) is 177 Å². The molecule has 6 aromatic rings. The largest absolute Gasteiger partial charge is 0.457 e. The Labute approximate surface area is 384 Å². The quantitative estimate of drug-likeness (QED) is 0.0635. The number of unbranched alkanes of at least 4 members (excludes halogenated alkanes) is 2. The van der Waals surface area contributed by atoms with E-state index in [-0.39, 0.29) is 37.3 Å². The summed E-state index contributed by atoms with van der Waals surface area (Å²) in [6.07, 6.45) is -11.4. The second kappa shape index (κ2) is 23.4. The van der Waals surface area contributed by atoms with Crippen LogP contribution in [-0.2, 0) is 48.0 Å². The number of halogens is 10. The maximum absolute atomic E-state index is 15.2. The third kappa shape index (κ3) is 14.7. The van der Waals surface area contributed by atoms with Crippen LogP contribution in [0.2, 0.25) is 0 Å². The van der Waals surface area contributed by atoms with E-state index in [0.717, 1.165) is 60.8 Å². The lowest BCUT2D eigenvalue weighted by Crippen LogP contribution is -2.27. The van der Waals surface area contributed by atoms with Crippen molar-refractivity contribution in [3.8, 4) is 33.8 Å². The summed E-state index contributed by atoms with van der Waals surface area (Å²) >= 11 is 0. The molecule has 0 radical (unpaired) electrons. The summed E-state index contributed by atoms with van der Waals surface area (Å²) in [6.45, 7) is 3.02. The van der Waals surface area contributed by atoms with Gasteiger partial charge in [0.15, 0.2) is 0 Å². The molecule has 0 N–H and O–H groups in total. The maximum atomic E-state index is 15.2. The number of alkyl halides is 8. The van der Waals surface area contributed by atoms with Crippen LogP contribution in [-0.4, -0.2) is 38.3 Å². The van der Waals surface area contributed by atoms with E-state index in [2.05, 4.69) is 23.3 Å². The SMILES string of the molecule is CCCCc1ccc(-c2ccc(Cc3cc(CCOC(F)C(F)(F)F)ccc3Oc3ccc(CCOC(F)C(F)(F)F)cc3Cc3ccc(-c4ccc(CCCC)cc4F)cc3)cc2)c(F)c1. The van der Waals surface area contributed by atoms with Gasteiger partial charge in [0, 0.05) is 24.0 Å².